The van der Waals surface area contributed by atoms with Crippen LogP contribution in [0.2, 0.25) is 30.1 Å². The summed E-state index contributed by atoms with van der Waals surface area (Å²) >= 11 is 35.5. The fraction of sp³-hybridized carbons (Fsp3) is 0.475. The quantitative estimate of drug-likeness (QED) is 0.0651. The van der Waals surface area contributed by atoms with E-state index >= 15 is 0 Å². The summed E-state index contributed by atoms with van der Waals surface area (Å²) in [6, 6.07) is 73.4. The Labute approximate surface area is 902 Å². The number of aryl methyl sites for hydroxylation is 1. The first-order valence-electron chi connectivity index (χ1n) is 53.3. The Balaban J connectivity index is 0.000000111. The van der Waals surface area contributed by atoms with E-state index in [0.717, 1.165) is 221 Å². The fourth-order valence-electron chi connectivity index (χ4n) is 28.0. The van der Waals surface area contributed by atoms with Gasteiger partial charge in [-0.3, -0.25) is 9.59 Å². The van der Waals surface area contributed by atoms with Crippen LogP contribution < -0.4 is 29.6 Å². The van der Waals surface area contributed by atoms with Gasteiger partial charge in [0, 0.05) is 110 Å². The van der Waals surface area contributed by atoms with Crippen LogP contribution in [0.4, 0.5) is 0 Å². The van der Waals surface area contributed by atoms with Gasteiger partial charge in [0.05, 0.1) is 72.7 Å². The molecule has 15 aliphatic rings. The van der Waals surface area contributed by atoms with E-state index in [1.165, 1.54) is 154 Å². The molecule has 27 rings (SSSR count). The number of halogens is 6. The van der Waals surface area contributed by atoms with Crippen molar-refractivity contribution in [2.45, 2.75) is 223 Å². The smallest absolute Gasteiger partial charge is 1.00 e. The summed E-state index contributed by atoms with van der Waals surface area (Å²) in [5.74, 6) is 14.3. The van der Waals surface area contributed by atoms with Gasteiger partial charge in [-0.25, -0.2) is 15.0 Å². The maximum Gasteiger partial charge on any atom is 1.00 e. The monoisotopic (exact) mass is 2060 g/mol. The molecule has 3 N–H and O–H groups in total. The molecule has 3 spiro atoms. The minimum atomic E-state index is -0.339. The van der Waals surface area contributed by atoms with Crippen molar-refractivity contribution < 1.29 is 73.8 Å². The Hall–Kier alpha value is -7.62. The molecule has 15 fully saturated rings. The summed E-state index contributed by atoms with van der Waals surface area (Å²) in [5.41, 5.74) is 17.7. The number of aromatic amines is 3. The van der Waals surface area contributed by atoms with Crippen LogP contribution in [-0.4, -0.2) is 105 Å². The molecule has 12 saturated carbocycles. The number of allylic oxidation sites excluding steroid dienone is 2. The molecule has 0 amide bonds. The molecule has 3 aliphatic heterocycles. The van der Waals surface area contributed by atoms with Crippen LogP contribution in [-0.2, 0) is 87.8 Å². The Kier molecular flexibility index (Phi) is 35.4. The molecule has 0 radical (unpaired) electrons. The number of rotatable bonds is 15. The number of H-pyrrole nitrogens is 3. The van der Waals surface area contributed by atoms with Gasteiger partial charge in [0.1, 0.15) is 35.3 Å². The second kappa shape index (κ2) is 48.6. The van der Waals surface area contributed by atoms with Gasteiger partial charge >= 0.3 is 29.6 Å². The average molecular weight is 2070 g/mol. The number of benzene rings is 9. The summed E-state index contributed by atoms with van der Waals surface area (Å²) in [5, 5.41) is 4.78. The van der Waals surface area contributed by atoms with Crippen LogP contribution in [0.15, 0.2) is 230 Å². The Morgan fingerprint density at radius 3 is 1.08 bits per heavy atom. The van der Waals surface area contributed by atoms with Crippen molar-refractivity contribution in [1.82, 2.24) is 29.9 Å². The Bertz CT molecular complexity index is 6140. The number of ketones is 2. The van der Waals surface area contributed by atoms with E-state index < -0.39 is 0 Å². The molecule has 12 aromatic rings. The molecule has 3 saturated heterocycles. The first-order chi connectivity index (χ1) is 69.8. The molecule has 12 unspecified atom stereocenters. The molecule has 9 aromatic carbocycles. The van der Waals surface area contributed by atoms with E-state index in [2.05, 4.69) is 142 Å². The van der Waals surface area contributed by atoms with Crippen molar-refractivity contribution in [1.29, 1.82) is 0 Å². The number of para-hydroxylation sites is 6. The van der Waals surface area contributed by atoms with Gasteiger partial charge in [-0.15, -0.1) is 0 Å². The number of fused-ring (bicyclic) bond motifs is 9. The van der Waals surface area contributed by atoms with Gasteiger partial charge in [-0.1, -0.05) is 203 Å². The zero-order chi connectivity index (χ0) is 98.0. The number of hydrogen-bond acceptors (Lipinski definition) is 12. The maximum absolute atomic E-state index is 11.8. The second-order valence-corrected chi connectivity index (χ2v) is 46.0. The predicted molar refractivity (Wildman–Crippen MR) is 576 cm³/mol. The third-order valence-electron chi connectivity index (χ3n) is 34.3. The van der Waals surface area contributed by atoms with Crippen molar-refractivity contribution >= 4 is 133 Å². The molecule has 144 heavy (non-hydrogen) atoms. The summed E-state index contributed by atoms with van der Waals surface area (Å²) in [4.78, 5) is 57.4. The van der Waals surface area contributed by atoms with Crippen molar-refractivity contribution in [3.05, 3.63) is 311 Å². The van der Waals surface area contributed by atoms with Crippen LogP contribution in [0.5, 0.6) is 0 Å². The molecule has 752 valence electrons. The fourth-order valence-corrected chi connectivity index (χ4v) is 28.7. The van der Waals surface area contributed by atoms with Gasteiger partial charge < -0.3 is 49.6 Å². The van der Waals surface area contributed by atoms with Gasteiger partial charge in [-0.05, 0) is 369 Å². The minimum absolute atomic E-state index is 0. The predicted octanol–water partition coefficient (Wildman–Crippen LogP) is 27.0. The van der Waals surface area contributed by atoms with Gasteiger partial charge in [0.2, 0.25) is 0 Å². The van der Waals surface area contributed by atoms with Crippen LogP contribution >= 0.6 is 69.6 Å². The van der Waals surface area contributed by atoms with Gasteiger partial charge in [0.15, 0.2) is 17.4 Å². The SMILES string of the molecule is CCc1nc2ccccc2[nH]1.Clc1ccc(C=C2CC3CCC(C2)C32OCCO2)cc1.Clc1ccc(CC2CC3CCC(C2)C32OCCO2)cc1.Clc1ccc(CC2CC3CCC(C2)C3=Cc2nc3ccccc3[nH]2)cc1.Clc1ccc(CC2CC3CCC(C2)C3Cc2nc3ccccc3[nH]2)cc1.O=C1C2CCC1CC(Cc1ccc(Cl)cc1)C2.O=C1CC2CCC(C1)C21OCCO1.O=CCc1ccc(Cl)cc1.[H-].[Na+]. The summed E-state index contributed by atoms with van der Waals surface area (Å²) in [6.07, 6.45) is 41.5. The van der Waals surface area contributed by atoms with Crippen molar-refractivity contribution in [2.75, 3.05) is 39.6 Å². The normalized spacial score (nSPS) is 27.6. The van der Waals surface area contributed by atoms with E-state index in [-0.39, 0.29) is 48.3 Å². The summed E-state index contributed by atoms with van der Waals surface area (Å²) in [7, 11) is 0. The van der Waals surface area contributed by atoms with Crippen LogP contribution in [0.25, 0.3) is 45.3 Å². The molecular formula is C122H137Cl6N6NaO9. The molecule has 15 nitrogen and oxygen atoms in total. The van der Waals surface area contributed by atoms with Crippen molar-refractivity contribution in [2.24, 2.45) is 101 Å². The zero-order valence-corrected chi connectivity index (χ0v) is 89.8. The largest absolute Gasteiger partial charge is 1.00 e. The molecule has 22 heteroatoms. The number of carbonyl (C=O) groups excluding carboxylic acids is 3. The number of imidazole rings is 3. The standard InChI is InChI=1S/C23H25ClN2.C23H23ClN2.C17H21ClO2.C17H19ClO2.C15H17ClO.C10H14O3.C9H10N2.C8H7ClO.Na.H/c2*24-19-9-5-15(6-10-19)11-16-12-17-7-8-18(13-16)20(17)14-23-25-21-3-1-2-4-22(21)26-23;2*18-16-5-1-12(2-6-16)9-13-10-14-3-4-15(11-13)17(14)19-7-8-20-17;16-14-5-1-10(2-6-14)7-11-8-12-3-4-13(9-11)15(12)17;11-9-5-7-1-2-8(6-9)10(7)12-3-4-13-10;1-2-9-10-7-5-3-4-6-8(7)11-9;9-8-3-1-7(2-4-8)5-6-10;;/h1-6,9-10,16-18,20H,7-8,11-14H2,(H,25,26);1-6,9-10,14,16-18H,7-8,11-13H2,(H,25,26);1-2,5-6,13-15H,3-4,7-11H2;1-2,5-6,9,14-15H,3-4,7-8,10-11H2;1-2,5-6,11-13H,3-4,7-9H2;7-8H,1-6H2;3-6H,2H2,1H3,(H,10,11);1-4,6H,5H2;;/q;;;;;;;;+1;-1. The third kappa shape index (κ3) is 25.3. The number of Topliss-reactive ketones (excluding diaryl/α,β-unsaturated/α-hetero) is 2. The van der Waals surface area contributed by atoms with Crippen LogP contribution in [0.3, 0.4) is 0 Å². The molecule has 12 bridgehead atoms. The van der Waals surface area contributed by atoms with E-state index in [1.807, 2.05) is 103 Å². The molecule has 12 aliphatic carbocycles. The first kappa shape index (κ1) is 105. The van der Waals surface area contributed by atoms with Crippen molar-refractivity contribution in [3.63, 3.8) is 0 Å². The van der Waals surface area contributed by atoms with Gasteiger partial charge in [-0.2, -0.15) is 0 Å². The van der Waals surface area contributed by atoms with Crippen LogP contribution in [0.1, 0.15) is 213 Å². The summed E-state index contributed by atoms with van der Waals surface area (Å²) in [6.45, 7) is 6.62. The number of aromatic nitrogens is 6. The number of aldehydes is 1. The molecular weight excluding hydrogens is 1930 g/mol. The molecule has 6 heterocycles. The Morgan fingerprint density at radius 2 is 0.681 bits per heavy atom. The number of nitrogens with one attached hydrogen (secondary N) is 3. The third-order valence-corrected chi connectivity index (χ3v) is 35.8. The van der Waals surface area contributed by atoms with Crippen molar-refractivity contribution in [3.8, 4) is 0 Å². The Morgan fingerprint density at radius 1 is 0.347 bits per heavy atom. The minimum Gasteiger partial charge on any atom is -1.00 e. The summed E-state index contributed by atoms with van der Waals surface area (Å²) < 4.78 is 35.6. The number of ether oxygens (including phenoxy) is 6. The number of nitrogens with zero attached hydrogens (tertiary/aromatic N) is 3. The zero-order valence-electron chi connectivity index (χ0n) is 84.3. The van der Waals surface area contributed by atoms with E-state index in [9.17, 15) is 14.4 Å². The number of hydrogen-bond donors (Lipinski definition) is 3. The molecule has 12 atom stereocenters. The van der Waals surface area contributed by atoms with E-state index in [1.54, 1.807) is 17.7 Å². The van der Waals surface area contributed by atoms with Crippen LogP contribution in [0, 0.1) is 101 Å². The topological polar surface area (TPSA) is 193 Å². The number of carbonyl (C=O) groups is 3. The van der Waals surface area contributed by atoms with E-state index in [0.29, 0.717) is 102 Å². The molecule has 3 aromatic heterocycles. The van der Waals surface area contributed by atoms with E-state index in [4.69, 9.17) is 108 Å². The average Bonchev–Trinajstić information content (AvgIpc) is 1.59. The maximum atomic E-state index is 11.8. The first-order valence-corrected chi connectivity index (χ1v) is 55.6. The van der Waals surface area contributed by atoms with Gasteiger partial charge in [0.25, 0.3) is 0 Å². The second-order valence-electron chi connectivity index (χ2n) is 43.4.